The van der Waals surface area contributed by atoms with Crippen molar-refractivity contribution in [1.82, 2.24) is 9.97 Å². The van der Waals surface area contributed by atoms with E-state index in [1.807, 2.05) is 12.1 Å². The van der Waals surface area contributed by atoms with Gasteiger partial charge in [-0.15, -0.1) is 0 Å². The van der Waals surface area contributed by atoms with E-state index in [1.165, 1.54) is 12.3 Å². The van der Waals surface area contributed by atoms with Gasteiger partial charge in [-0.3, -0.25) is 9.78 Å². The molecule has 0 bridgehead atoms. The number of hydrogen-bond donors (Lipinski definition) is 2. The zero-order chi connectivity index (χ0) is 14.8. The van der Waals surface area contributed by atoms with Crippen LogP contribution in [0.4, 0.5) is 15.9 Å². The van der Waals surface area contributed by atoms with E-state index in [4.69, 9.17) is 5.73 Å². The molecule has 0 fully saturated rings. The van der Waals surface area contributed by atoms with Gasteiger partial charge in [-0.25, -0.2) is 9.37 Å². The fourth-order valence-corrected chi connectivity index (χ4v) is 2.04. The number of hydrogen-bond acceptors (Lipinski definition) is 4. The first kappa shape index (κ1) is 13.0. The molecule has 0 unspecified atom stereocenters. The predicted molar refractivity (Wildman–Crippen MR) is 78.3 cm³/mol. The molecule has 5 nitrogen and oxygen atoms in total. The summed E-state index contributed by atoms with van der Waals surface area (Å²) in [5.74, 6) is -1.71. The molecule has 1 amide bonds. The number of fused-ring (bicyclic) bond motifs is 1. The Labute approximate surface area is 119 Å². The lowest BCUT2D eigenvalue weighted by molar-refractivity contribution is 0.102. The first-order valence-corrected chi connectivity index (χ1v) is 6.22. The lowest BCUT2D eigenvalue weighted by Gasteiger charge is -2.09. The summed E-state index contributed by atoms with van der Waals surface area (Å²) in [4.78, 5) is 20.0. The number of nitrogens with one attached hydrogen (secondary N) is 1. The summed E-state index contributed by atoms with van der Waals surface area (Å²) in [7, 11) is 0. The number of carbonyl (C=O) groups is 1. The fraction of sp³-hybridized carbons (Fsp3) is 0. The minimum atomic E-state index is -0.826. The highest BCUT2D eigenvalue weighted by molar-refractivity contribution is 6.09. The third kappa shape index (κ3) is 2.38. The van der Waals surface area contributed by atoms with E-state index in [0.717, 1.165) is 10.9 Å². The van der Waals surface area contributed by atoms with Gasteiger partial charge < -0.3 is 11.1 Å². The zero-order valence-corrected chi connectivity index (χ0v) is 10.9. The number of halogens is 1. The van der Waals surface area contributed by atoms with E-state index >= 15 is 0 Å². The van der Waals surface area contributed by atoms with E-state index in [0.29, 0.717) is 5.69 Å². The van der Waals surface area contributed by atoms with Crippen molar-refractivity contribution in [1.29, 1.82) is 0 Å². The molecule has 1 aromatic carbocycles. The topological polar surface area (TPSA) is 80.9 Å². The van der Waals surface area contributed by atoms with Crippen LogP contribution < -0.4 is 11.1 Å². The first-order chi connectivity index (χ1) is 10.2. The molecule has 2 heterocycles. The molecule has 0 aliphatic heterocycles. The minimum Gasteiger partial charge on any atom is -0.381 e. The van der Waals surface area contributed by atoms with E-state index in [-0.39, 0.29) is 11.4 Å². The van der Waals surface area contributed by atoms with Gasteiger partial charge in [0, 0.05) is 17.8 Å². The van der Waals surface area contributed by atoms with Gasteiger partial charge in [-0.2, -0.15) is 0 Å². The summed E-state index contributed by atoms with van der Waals surface area (Å²) in [6.07, 6.45) is 2.95. The smallest absolute Gasteiger partial charge is 0.258 e. The third-order valence-electron chi connectivity index (χ3n) is 3.05. The Balaban J connectivity index is 1.99. The monoisotopic (exact) mass is 282 g/mol. The lowest BCUT2D eigenvalue weighted by Crippen LogP contribution is -2.15. The maximum atomic E-state index is 13.8. The number of benzene rings is 1. The van der Waals surface area contributed by atoms with Gasteiger partial charge in [-0.05, 0) is 30.3 Å². The van der Waals surface area contributed by atoms with Crippen molar-refractivity contribution in [3.63, 3.8) is 0 Å². The second-order valence-corrected chi connectivity index (χ2v) is 4.39. The average molecular weight is 282 g/mol. The number of anilines is 2. The van der Waals surface area contributed by atoms with E-state index in [9.17, 15) is 9.18 Å². The summed E-state index contributed by atoms with van der Waals surface area (Å²) in [5, 5.41) is 3.44. The molecule has 3 rings (SSSR count). The number of nitrogens with zero attached hydrogens (tertiary/aromatic N) is 2. The number of aromatic nitrogens is 2. The molecule has 2 aromatic heterocycles. The van der Waals surface area contributed by atoms with Crippen LogP contribution >= 0.6 is 0 Å². The zero-order valence-electron chi connectivity index (χ0n) is 10.9. The van der Waals surface area contributed by atoms with Gasteiger partial charge in [0.25, 0.3) is 5.91 Å². The Hall–Kier alpha value is -3.02. The molecular formula is C15H11FN4O. The van der Waals surface area contributed by atoms with Crippen LogP contribution in [0.25, 0.3) is 10.9 Å². The summed E-state index contributed by atoms with van der Waals surface area (Å²) in [6.45, 7) is 0. The van der Waals surface area contributed by atoms with Gasteiger partial charge in [0.2, 0.25) is 0 Å². The van der Waals surface area contributed by atoms with Crippen LogP contribution in [0, 0.1) is 5.82 Å². The fourth-order valence-electron chi connectivity index (χ4n) is 2.04. The quantitative estimate of drug-likeness (QED) is 0.757. The van der Waals surface area contributed by atoms with Crippen LogP contribution in [0.15, 0.2) is 48.8 Å². The highest BCUT2D eigenvalue weighted by atomic mass is 19.1. The van der Waals surface area contributed by atoms with Crippen LogP contribution in [-0.4, -0.2) is 15.9 Å². The maximum absolute atomic E-state index is 13.8. The average Bonchev–Trinajstić information content (AvgIpc) is 2.50. The second-order valence-electron chi connectivity index (χ2n) is 4.39. The summed E-state index contributed by atoms with van der Waals surface area (Å²) in [6, 6.07) is 10.2. The molecule has 0 saturated heterocycles. The van der Waals surface area contributed by atoms with Crippen molar-refractivity contribution in [3.8, 4) is 0 Å². The number of nitrogen functional groups attached to an aromatic ring is 1. The SMILES string of the molecule is Nc1nccc(C(=O)Nc2cccc3ncccc23)c1F. The number of nitrogens with two attached hydrogens (primary N) is 1. The van der Waals surface area contributed by atoms with Crippen molar-refractivity contribution in [2.75, 3.05) is 11.1 Å². The van der Waals surface area contributed by atoms with Crippen LogP contribution in [0.1, 0.15) is 10.4 Å². The molecule has 0 aliphatic carbocycles. The van der Waals surface area contributed by atoms with Gasteiger partial charge in [0.05, 0.1) is 16.8 Å². The third-order valence-corrected chi connectivity index (χ3v) is 3.05. The lowest BCUT2D eigenvalue weighted by atomic mass is 10.1. The number of pyridine rings is 2. The van der Waals surface area contributed by atoms with Crippen molar-refractivity contribution >= 4 is 28.3 Å². The molecule has 104 valence electrons. The molecule has 3 aromatic rings. The van der Waals surface area contributed by atoms with Crippen molar-refractivity contribution < 1.29 is 9.18 Å². The molecule has 0 spiro atoms. The van der Waals surface area contributed by atoms with E-state index in [2.05, 4.69) is 15.3 Å². The van der Waals surface area contributed by atoms with Crippen LogP contribution in [0.5, 0.6) is 0 Å². The van der Waals surface area contributed by atoms with Crippen molar-refractivity contribution in [3.05, 3.63) is 60.2 Å². The Bertz CT molecular complexity index is 830. The number of carbonyl (C=O) groups excluding carboxylic acids is 1. The Morgan fingerprint density at radius 2 is 1.95 bits per heavy atom. The Morgan fingerprint density at radius 3 is 2.81 bits per heavy atom. The summed E-state index contributed by atoms with van der Waals surface area (Å²) in [5.41, 5.74) is 6.51. The largest absolute Gasteiger partial charge is 0.381 e. The number of amides is 1. The van der Waals surface area contributed by atoms with E-state index < -0.39 is 11.7 Å². The second kappa shape index (κ2) is 5.16. The highest BCUT2D eigenvalue weighted by Gasteiger charge is 2.15. The van der Waals surface area contributed by atoms with Crippen LogP contribution in [0.3, 0.4) is 0 Å². The molecule has 3 N–H and O–H groups in total. The Morgan fingerprint density at radius 1 is 1.10 bits per heavy atom. The molecule has 6 heteroatoms. The van der Waals surface area contributed by atoms with Crippen LogP contribution in [-0.2, 0) is 0 Å². The van der Waals surface area contributed by atoms with Crippen LogP contribution in [0.2, 0.25) is 0 Å². The normalized spacial score (nSPS) is 10.5. The predicted octanol–water partition coefficient (Wildman–Crippen LogP) is 2.60. The molecule has 0 saturated carbocycles. The minimum absolute atomic E-state index is 0.150. The Kier molecular flexibility index (Phi) is 3.19. The molecule has 21 heavy (non-hydrogen) atoms. The summed E-state index contributed by atoms with van der Waals surface area (Å²) < 4.78 is 13.8. The van der Waals surface area contributed by atoms with Gasteiger partial charge >= 0.3 is 0 Å². The first-order valence-electron chi connectivity index (χ1n) is 6.22. The molecular weight excluding hydrogens is 271 g/mol. The van der Waals surface area contributed by atoms with Gasteiger partial charge in [-0.1, -0.05) is 6.07 Å². The number of rotatable bonds is 2. The standard InChI is InChI=1S/C15H11FN4O/c16-13-10(6-8-19-14(13)17)15(21)20-12-5-1-4-11-9(12)3-2-7-18-11/h1-8H,(H2,17,19)(H,20,21). The molecule has 0 aliphatic rings. The van der Waals surface area contributed by atoms with Gasteiger partial charge in [0.15, 0.2) is 11.6 Å². The molecule has 0 atom stereocenters. The molecule has 0 radical (unpaired) electrons. The van der Waals surface area contributed by atoms with Crippen molar-refractivity contribution in [2.24, 2.45) is 0 Å². The highest BCUT2D eigenvalue weighted by Crippen LogP contribution is 2.22. The maximum Gasteiger partial charge on any atom is 0.258 e. The van der Waals surface area contributed by atoms with Gasteiger partial charge in [0.1, 0.15) is 0 Å². The van der Waals surface area contributed by atoms with Crippen molar-refractivity contribution in [2.45, 2.75) is 0 Å². The van der Waals surface area contributed by atoms with E-state index in [1.54, 1.807) is 24.4 Å². The summed E-state index contributed by atoms with van der Waals surface area (Å²) >= 11 is 0.